The van der Waals surface area contributed by atoms with Gasteiger partial charge in [-0.2, -0.15) is 0 Å². The van der Waals surface area contributed by atoms with Gasteiger partial charge in [0, 0.05) is 12.6 Å². The fraction of sp³-hybridized carbons (Fsp3) is 0.400. The van der Waals surface area contributed by atoms with E-state index in [1.54, 1.807) is 6.92 Å². The molecule has 0 amide bonds. The minimum atomic E-state index is -3.49. The van der Waals surface area contributed by atoms with Gasteiger partial charge in [0.15, 0.2) is 0 Å². The molecular formula is C10H15Cl2FN2O2S. The van der Waals surface area contributed by atoms with Crippen molar-refractivity contribution in [2.24, 2.45) is 5.73 Å². The maximum atomic E-state index is 12.9. The van der Waals surface area contributed by atoms with Crippen LogP contribution in [0.4, 0.5) is 4.39 Å². The Bertz CT molecular complexity index is 497. The first-order chi connectivity index (χ1) is 7.84. The molecule has 0 saturated carbocycles. The van der Waals surface area contributed by atoms with Gasteiger partial charge >= 0.3 is 0 Å². The summed E-state index contributed by atoms with van der Waals surface area (Å²) in [5.74, 6) is -0.826. The molecule has 18 heavy (non-hydrogen) atoms. The van der Waals surface area contributed by atoms with Gasteiger partial charge in [0.1, 0.15) is 5.82 Å². The molecule has 0 spiro atoms. The van der Waals surface area contributed by atoms with E-state index < -0.39 is 15.8 Å². The highest BCUT2D eigenvalue weighted by molar-refractivity contribution is 7.88. The maximum absolute atomic E-state index is 12.9. The van der Waals surface area contributed by atoms with Gasteiger partial charge in [-0.05, 0) is 24.6 Å². The SMILES string of the molecule is C[C@@H](CN)NS(=O)(=O)Cc1ccc(F)c(Cl)c1.Cl. The van der Waals surface area contributed by atoms with E-state index in [2.05, 4.69) is 4.72 Å². The summed E-state index contributed by atoms with van der Waals surface area (Å²) in [6, 6.07) is 3.48. The number of hydrogen-bond donors (Lipinski definition) is 2. The number of rotatable bonds is 5. The molecule has 0 fully saturated rings. The molecule has 104 valence electrons. The van der Waals surface area contributed by atoms with Gasteiger partial charge in [-0.15, -0.1) is 12.4 Å². The molecule has 0 aliphatic rings. The van der Waals surface area contributed by atoms with E-state index in [9.17, 15) is 12.8 Å². The van der Waals surface area contributed by atoms with E-state index >= 15 is 0 Å². The Hall–Kier alpha value is -0.400. The van der Waals surface area contributed by atoms with E-state index in [-0.39, 0.29) is 35.8 Å². The molecule has 0 aliphatic heterocycles. The van der Waals surface area contributed by atoms with Gasteiger partial charge in [0.25, 0.3) is 0 Å². The molecule has 3 N–H and O–H groups in total. The van der Waals surface area contributed by atoms with Gasteiger partial charge < -0.3 is 5.73 Å². The fourth-order valence-corrected chi connectivity index (χ4v) is 2.86. The van der Waals surface area contributed by atoms with Crippen molar-refractivity contribution in [1.29, 1.82) is 0 Å². The van der Waals surface area contributed by atoms with Crippen LogP contribution in [0.15, 0.2) is 18.2 Å². The van der Waals surface area contributed by atoms with Crippen LogP contribution in [-0.4, -0.2) is 21.0 Å². The summed E-state index contributed by atoms with van der Waals surface area (Å²) in [7, 11) is -3.49. The molecule has 0 radical (unpaired) electrons. The molecule has 8 heteroatoms. The molecule has 1 atom stereocenters. The van der Waals surface area contributed by atoms with Gasteiger partial charge in [0.05, 0.1) is 10.8 Å². The molecule has 0 aliphatic carbocycles. The van der Waals surface area contributed by atoms with Crippen LogP contribution in [0.2, 0.25) is 5.02 Å². The summed E-state index contributed by atoms with van der Waals surface area (Å²) in [5, 5.41) is -0.0930. The number of nitrogens with one attached hydrogen (secondary N) is 1. The van der Waals surface area contributed by atoms with Crippen LogP contribution in [0.5, 0.6) is 0 Å². The highest BCUT2D eigenvalue weighted by Crippen LogP contribution is 2.17. The summed E-state index contributed by atoms with van der Waals surface area (Å²) in [4.78, 5) is 0. The molecule has 4 nitrogen and oxygen atoms in total. The number of nitrogens with two attached hydrogens (primary N) is 1. The average molecular weight is 317 g/mol. The number of halogens is 3. The normalized spacial score (nSPS) is 12.9. The van der Waals surface area contributed by atoms with Crippen molar-refractivity contribution in [2.75, 3.05) is 6.54 Å². The largest absolute Gasteiger partial charge is 0.329 e. The van der Waals surface area contributed by atoms with Crippen molar-refractivity contribution >= 4 is 34.0 Å². The molecule has 1 aromatic carbocycles. The molecular weight excluding hydrogens is 302 g/mol. The van der Waals surface area contributed by atoms with E-state index in [0.29, 0.717) is 5.56 Å². The summed E-state index contributed by atoms with van der Waals surface area (Å²) < 4.78 is 38.6. The lowest BCUT2D eigenvalue weighted by Crippen LogP contribution is -2.38. The third-order valence-corrected chi connectivity index (χ3v) is 3.84. The first-order valence-electron chi connectivity index (χ1n) is 4.98. The molecule has 0 unspecified atom stereocenters. The van der Waals surface area contributed by atoms with Gasteiger partial charge in [-0.25, -0.2) is 17.5 Å². The zero-order valence-corrected chi connectivity index (χ0v) is 12.1. The molecule has 0 bridgehead atoms. The van der Waals surface area contributed by atoms with Gasteiger partial charge in [-0.1, -0.05) is 17.7 Å². The van der Waals surface area contributed by atoms with E-state index in [4.69, 9.17) is 17.3 Å². The minimum absolute atomic E-state index is 0. The lowest BCUT2D eigenvalue weighted by molar-refractivity contribution is 0.561. The molecule has 1 rings (SSSR count). The predicted octanol–water partition coefficient (Wildman–Crippen LogP) is 1.67. The van der Waals surface area contributed by atoms with Crippen molar-refractivity contribution in [3.63, 3.8) is 0 Å². The Kier molecular flexibility index (Phi) is 7.09. The number of sulfonamides is 1. The van der Waals surface area contributed by atoms with E-state index in [1.165, 1.54) is 12.1 Å². The maximum Gasteiger partial charge on any atom is 0.216 e. The van der Waals surface area contributed by atoms with Crippen LogP contribution >= 0.6 is 24.0 Å². The standard InChI is InChI=1S/C10H14ClFN2O2S.ClH/c1-7(5-13)14-17(15,16)6-8-2-3-10(12)9(11)4-8;/h2-4,7,14H,5-6,13H2,1H3;1H/t7-;/m0./s1. The monoisotopic (exact) mass is 316 g/mol. The Morgan fingerprint density at radius 3 is 2.61 bits per heavy atom. The van der Waals surface area contributed by atoms with Crippen molar-refractivity contribution < 1.29 is 12.8 Å². The lowest BCUT2D eigenvalue weighted by Gasteiger charge is -2.12. The lowest BCUT2D eigenvalue weighted by atomic mass is 10.2. The van der Waals surface area contributed by atoms with Crippen molar-refractivity contribution in [2.45, 2.75) is 18.7 Å². The fourth-order valence-electron chi connectivity index (χ4n) is 1.25. The van der Waals surface area contributed by atoms with Gasteiger partial charge in [-0.3, -0.25) is 0 Å². The summed E-state index contributed by atoms with van der Waals surface area (Å²) in [5.41, 5.74) is 5.74. The van der Waals surface area contributed by atoms with Crippen molar-refractivity contribution in [1.82, 2.24) is 4.72 Å². The van der Waals surface area contributed by atoms with Crippen LogP contribution in [-0.2, 0) is 15.8 Å². The third-order valence-electron chi connectivity index (χ3n) is 2.07. The summed E-state index contributed by atoms with van der Waals surface area (Å²) >= 11 is 5.57. The topological polar surface area (TPSA) is 72.2 Å². The third kappa shape index (κ3) is 5.49. The highest BCUT2D eigenvalue weighted by atomic mass is 35.5. The Morgan fingerprint density at radius 1 is 1.50 bits per heavy atom. The van der Waals surface area contributed by atoms with Crippen LogP contribution in [0.25, 0.3) is 0 Å². The molecule has 0 aromatic heterocycles. The zero-order valence-electron chi connectivity index (χ0n) is 9.69. The molecule has 0 heterocycles. The average Bonchev–Trinajstić information content (AvgIpc) is 2.22. The van der Waals surface area contributed by atoms with Gasteiger partial charge in [0.2, 0.25) is 10.0 Å². The van der Waals surface area contributed by atoms with E-state index in [1.807, 2.05) is 0 Å². The smallest absolute Gasteiger partial charge is 0.216 e. The van der Waals surface area contributed by atoms with Crippen LogP contribution in [0.1, 0.15) is 12.5 Å². The minimum Gasteiger partial charge on any atom is -0.329 e. The van der Waals surface area contributed by atoms with Crippen LogP contribution in [0.3, 0.4) is 0 Å². The van der Waals surface area contributed by atoms with Crippen molar-refractivity contribution in [3.05, 3.63) is 34.6 Å². The quantitative estimate of drug-likeness (QED) is 0.868. The Morgan fingerprint density at radius 2 is 2.11 bits per heavy atom. The van der Waals surface area contributed by atoms with Crippen LogP contribution < -0.4 is 10.5 Å². The zero-order chi connectivity index (χ0) is 13.1. The Balaban J connectivity index is 0.00000289. The highest BCUT2D eigenvalue weighted by Gasteiger charge is 2.15. The predicted molar refractivity (Wildman–Crippen MR) is 72.9 cm³/mol. The second-order valence-corrected chi connectivity index (χ2v) is 5.92. The van der Waals surface area contributed by atoms with Crippen LogP contribution in [0, 0.1) is 5.82 Å². The molecule has 0 saturated heterocycles. The first-order valence-corrected chi connectivity index (χ1v) is 7.01. The Labute approximate surface area is 117 Å². The summed E-state index contributed by atoms with van der Waals surface area (Å²) in [6.07, 6.45) is 0. The molecule has 1 aromatic rings. The van der Waals surface area contributed by atoms with E-state index in [0.717, 1.165) is 6.07 Å². The number of hydrogen-bond acceptors (Lipinski definition) is 3. The second-order valence-electron chi connectivity index (χ2n) is 3.76. The second kappa shape index (κ2) is 7.25. The van der Waals surface area contributed by atoms with Crippen molar-refractivity contribution in [3.8, 4) is 0 Å². The first kappa shape index (κ1) is 17.6. The number of benzene rings is 1. The summed E-state index contributed by atoms with van der Waals surface area (Å²) in [6.45, 7) is 1.87.